The van der Waals surface area contributed by atoms with Gasteiger partial charge in [0.2, 0.25) is 0 Å². The van der Waals surface area contributed by atoms with Crippen molar-refractivity contribution in [1.29, 1.82) is 0 Å². The zero-order chi connectivity index (χ0) is 25.1. The molecular weight excluding hydrogens is 460 g/mol. The zero-order valence-electron chi connectivity index (χ0n) is 20.0. The minimum absolute atomic E-state index is 0.0289. The lowest BCUT2D eigenvalue weighted by Gasteiger charge is -2.26. The largest absolute Gasteiger partial charge is 0.511 e. The Kier molecular flexibility index (Phi) is 7.02. The fourth-order valence-electron chi connectivity index (χ4n) is 5.34. The molecule has 0 aromatic carbocycles. The number of ketones is 2. The number of Topliss-reactive ketones (excluding diaryl/α,β-unsaturated/α-hetero) is 2. The molecule has 1 saturated carbocycles. The summed E-state index contributed by atoms with van der Waals surface area (Å²) in [6, 6.07) is 6.85. The Morgan fingerprint density at radius 2 is 1.17 bits per heavy atom. The lowest BCUT2D eigenvalue weighted by molar-refractivity contribution is -0.117. The highest BCUT2D eigenvalue weighted by Gasteiger charge is 2.32. The van der Waals surface area contributed by atoms with Crippen molar-refractivity contribution in [3.8, 4) is 0 Å². The van der Waals surface area contributed by atoms with Crippen LogP contribution in [0.4, 0.5) is 0 Å². The summed E-state index contributed by atoms with van der Waals surface area (Å²) in [7, 11) is 0. The third kappa shape index (κ3) is 5.12. The molecule has 0 radical (unpaired) electrons. The molecule has 188 valence electrons. The second-order valence-corrected chi connectivity index (χ2v) is 9.78. The predicted molar refractivity (Wildman–Crippen MR) is 134 cm³/mol. The van der Waals surface area contributed by atoms with E-state index in [1.54, 1.807) is 24.7 Å². The Bertz CT molecular complexity index is 1120. The fourth-order valence-corrected chi connectivity index (χ4v) is 5.34. The Hall–Kier alpha value is -3.68. The summed E-state index contributed by atoms with van der Waals surface area (Å²) in [4.78, 5) is 34.7. The van der Waals surface area contributed by atoms with E-state index in [4.69, 9.17) is 8.83 Å². The normalized spacial score (nSPS) is 28.1. The molecule has 0 spiro atoms. The van der Waals surface area contributed by atoms with Gasteiger partial charge in [-0.25, -0.2) is 0 Å². The van der Waals surface area contributed by atoms with Crippen LogP contribution < -0.4 is 0 Å². The van der Waals surface area contributed by atoms with Crippen molar-refractivity contribution in [2.75, 3.05) is 0 Å². The van der Waals surface area contributed by atoms with Gasteiger partial charge >= 0.3 is 0 Å². The topological polar surface area (TPSA) is 126 Å². The molecule has 2 heterocycles. The van der Waals surface area contributed by atoms with Crippen molar-refractivity contribution in [2.24, 2.45) is 9.98 Å². The van der Waals surface area contributed by atoms with Crippen molar-refractivity contribution >= 4 is 24.0 Å². The van der Waals surface area contributed by atoms with Gasteiger partial charge in [0.25, 0.3) is 0 Å². The number of carbonyl (C=O) groups excluding carboxylic acids is 2. The van der Waals surface area contributed by atoms with E-state index in [0.29, 0.717) is 24.4 Å². The molecule has 36 heavy (non-hydrogen) atoms. The highest BCUT2D eigenvalue weighted by molar-refractivity contribution is 6.15. The summed E-state index contributed by atoms with van der Waals surface area (Å²) in [5.74, 6) is 0.789. The molecule has 1 fully saturated rings. The van der Waals surface area contributed by atoms with Gasteiger partial charge < -0.3 is 19.0 Å². The van der Waals surface area contributed by atoms with Gasteiger partial charge in [-0.1, -0.05) is 12.8 Å². The lowest BCUT2D eigenvalue weighted by Crippen LogP contribution is -2.28. The molecule has 2 N–H and O–H groups in total. The highest BCUT2D eigenvalue weighted by Crippen LogP contribution is 2.35. The summed E-state index contributed by atoms with van der Waals surface area (Å²) < 4.78 is 10.8. The van der Waals surface area contributed by atoms with Gasteiger partial charge in [-0.3, -0.25) is 19.6 Å². The number of carbonyl (C=O) groups is 2. The van der Waals surface area contributed by atoms with Crippen LogP contribution in [-0.2, 0) is 9.59 Å². The molecule has 8 heteroatoms. The number of allylic oxidation sites excluding steroid dienone is 4. The van der Waals surface area contributed by atoms with Crippen LogP contribution in [0, 0.1) is 0 Å². The van der Waals surface area contributed by atoms with Gasteiger partial charge in [0.15, 0.2) is 11.6 Å². The van der Waals surface area contributed by atoms with Gasteiger partial charge in [-0.15, -0.1) is 0 Å². The maximum Gasteiger partial charge on any atom is 0.168 e. The van der Waals surface area contributed by atoms with E-state index in [2.05, 4.69) is 9.98 Å². The average molecular weight is 491 g/mol. The second-order valence-electron chi connectivity index (χ2n) is 9.78. The number of furan rings is 2. The molecule has 8 nitrogen and oxygen atoms in total. The monoisotopic (exact) mass is 490 g/mol. The molecule has 0 aliphatic heterocycles. The third-order valence-electron chi connectivity index (χ3n) is 7.34. The first-order chi connectivity index (χ1) is 17.5. The molecule has 3 aliphatic carbocycles. The first kappa shape index (κ1) is 24.0. The molecule has 4 unspecified atom stereocenters. The van der Waals surface area contributed by atoms with E-state index in [9.17, 15) is 19.8 Å². The lowest BCUT2D eigenvalue weighted by atomic mass is 9.85. The molecule has 4 atom stereocenters. The van der Waals surface area contributed by atoms with E-state index in [1.165, 1.54) is 12.4 Å². The molecule has 0 amide bonds. The first-order valence-corrected chi connectivity index (χ1v) is 12.5. The van der Waals surface area contributed by atoms with E-state index in [1.807, 2.05) is 12.1 Å². The molecule has 0 bridgehead atoms. The standard InChI is InChI=1S/C28H30N2O6/c31-23-11-17(27-7-3-9-35-27)12-24(32)19(23)15-29-21-5-1-2-6-22(21)30-16-20-25(33)13-18(14-26(20)34)28-8-4-10-36-28/h3-4,7-10,15-18,21-22,31,33H,1-2,5-6,11-14H2. The molecule has 2 aromatic heterocycles. The molecular formula is C28H30N2O6. The smallest absolute Gasteiger partial charge is 0.168 e. The van der Waals surface area contributed by atoms with Crippen LogP contribution in [0.2, 0.25) is 0 Å². The summed E-state index contributed by atoms with van der Waals surface area (Å²) in [5, 5.41) is 21.1. The van der Waals surface area contributed by atoms with Crippen LogP contribution in [0.15, 0.2) is 78.3 Å². The van der Waals surface area contributed by atoms with Gasteiger partial charge in [0.1, 0.15) is 23.0 Å². The summed E-state index contributed by atoms with van der Waals surface area (Å²) in [6.07, 6.45) is 10.9. The molecule has 0 saturated heterocycles. The quantitative estimate of drug-likeness (QED) is 0.512. The van der Waals surface area contributed by atoms with E-state index >= 15 is 0 Å². The number of rotatable bonds is 6. The van der Waals surface area contributed by atoms with E-state index in [0.717, 1.165) is 25.7 Å². The number of hydrogen-bond acceptors (Lipinski definition) is 8. The van der Waals surface area contributed by atoms with Gasteiger partial charge in [-0.2, -0.15) is 0 Å². The first-order valence-electron chi connectivity index (χ1n) is 12.5. The predicted octanol–water partition coefficient (Wildman–Crippen LogP) is 5.54. The minimum atomic E-state index is -0.168. The molecule has 2 aromatic rings. The minimum Gasteiger partial charge on any atom is -0.511 e. The summed E-state index contributed by atoms with van der Waals surface area (Å²) in [6.45, 7) is 0. The van der Waals surface area contributed by atoms with Crippen molar-refractivity contribution < 1.29 is 28.6 Å². The maximum absolute atomic E-state index is 12.7. The summed E-state index contributed by atoms with van der Waals surface area (Å²) in [5.41, 5.74) is 0.496. The number of aliphatic hydroxyl groups is 2. The Morgan fingerprint density at radius 1 is 0.722 bits per heavy atom. The van der Waals surface area contributed by atoms with E-state index < -0.39 is 0 Å². The molecule has 3 aliphatic rings. The van der Waals surface area contributed by atoms with Crippen molar-refractivity contribution in [3.63, 3.8) is 0 Å². The van der Waals surface area contributed by atoms with Crippen molar-refractivity contribution in [3.05, 3.63) is 71.0 Å². The van der Waals surface area contributed by atoms with Crippen LogP contribution in [0.25, 0.3) is 0 Å². The fraction of sp³-hybridized carbons (Fsp3) is 0.429. The molecule has 5 rings (SSSR count). The maximum atomic E-state index is 12.7. The Balaban J connectivity index is 1.28. The number of aliphatic hydroxyl groups excluding tert-OH is 2. The van der Waals surface area contributed by atoms with Crippen molar-refractivity contribution in [2.45, 2.75) is 75.3 Å². The van der Waals surface area contributed by atoms with Gasteiger partial charge in [-0.05, 0) is 37.1 Å². The highest BCUT2D eigenvalue weighted by atomic mass is 16.3. The van der Waals surface area contributed by atoms with Crippen molar-refractivity contribution in [1.82, 2.24) is 0 Å². The Morgan fingerprint density at radius 3 is 1.53 bits per heavy atom. The summed E-state index contributed by atoms with van der Waals surface area (Å²) >= 11 is 0. The van der Waals surface area contributed by atoms with Gasteiger partial charge in [0, 0.05) is 49.9 Å². The average Bonchev–Trinajstić information content (AvgIpc) is 3.58. The van der Waals surface area contributed by atoms with Gasteiger partial charge in [0.05, 0.1) is 35.8 Å². The number of nitrogens with zero attached hydrogens (tertiary/aromatic N) is 2. The second kappa shape index (κ2) is 10.5. The van der Waals surface area contributed by atoms with Crippen LogP contribution in [0.1, 0.15) is 74.7 Å². The SMILES string of the molecule is O=C1CC(c2ccco2)CC(O)=C1C=NC1CCCCC1N=CC1=C(O)CC(c2ccco2)CC1=O. The number of hydrogen-bond donors (Lipinski definition) is 2. The van der Waals surface area contributed by atoms with E-state index in [-0.39, 0.29) is 71.0 Å². The van der Waals surface area contributed by atoms with Crippen LogP contribution in [0.5, 0.6) is 0 Å². The van der Waals surface area contributed by atoms with Crippen LogP contribution in [0.3, 0.4) is 0 Å². The Labute approximate surface area is 209 Å². The number of aliphatic imine (C=N–C) groups is 2. The van der Waals surface area contributed by atoms with Crippen LogP contribution in [-0.4, -0.2) is 46.3 Å². The third-order valence-corrected chi connectivity index (χ3v) is 7.34. The van der Waals surface area contributed by atoms with Crippen LogP contribution >= 0.6 is 0 Å². The zero-order valence-corrected chi connectivity index (χ0v) is 20.0.